The molecule has 1 fully saturated rings. The van der Waals surface area contributed by atoms with Crippen molar-refractivity contribution < 1.29 is 0 Å². The van der Waals surface area contributed by atoms with Gasteiger partial charge >= 0.3 is 0 Å². The summed E-state index contributed by atoms with van der Waals surface area (Å²) in [5.74, 6) is 0.687. The van der Waals surface area contributed by atoms with E-state index in [1.165, 1.54) is 12.8 Å². The molecule has 0 heterocycles. The fraction of sp³-hybridized carbons (Fsp3) is 0.917. The van der Waals surface area contributed by atoms with Gasteiger partial charge in [0.1, 0.15) is 0 Å². The van der Waals surface area contributed by atoms with Gasteiger partial charge in [0.15, 0.2) is 0 Å². The van der Waals surface area contributed by atoms with Crippen molar-refractivity contribution in [2.75, 3.05) is 5.88 Å². The zero-order valence-corrected chi connectivity index (χ0v) is 10.0. The van der Waals surface area contributed by atoms with Gasteiger partial charge in [-0.25, -0.2) is 0 Å². The van der Waals surface area contributed by atoms with Gasteiger partial charge in [0, 0.05) is 5.88 Å². The van der Waals surface area contributed by atoms with Crippen molar-refractivity contribution in [3.63, 3.8) is 0 Å². The average Bonchev–Trinajstić information content (AvgIpc) is 2.18. The van der Waals surface area contributed by atoms with Crippen LogP contribution in [0.5, 0.6) is 0 Å². The van der Waals surface area contributed by atoms with E-state index in [9.17, 15) is 5.26 Å². The third kappa shape index (κ3) is 2.89. The summed E-state index contributed by atoms with van der Waals surface area (Å²) in [6.45, 7) is 4.60. The molecular weight excluding hydrogens is 194 g/mol. The van der Waals surface area contributed by atoms with Gasteiger partial charge in [-0.3, -0.25) is 0 Å². The maximum Gasteiger partial charge on any atom is 0.0689 e. The van der Waals surface area contributed by atoms with Crippen LogP contribution in [-0.4, -0.2) is 5.88 Å². The van der Waals surface area contributed by atoms with Gasteiger partial charge in [0.25, 0.3) is 0 Å². The predicted octanol–water partition coefficient (Wildman–Crippen LogP) is 4.12. The Morgan fingerprint density at radius 3 is 2.21 bits per heavy atom. The molecule has 0 aromatic rings. The summed E-state index contributed by atoms with van der Waals surface area (Å²) < 4.78 is 0. The second-order valence-corrected chi connectivity index (χ2v) is 5.73. The summed E-state index contributed by atoms with van der Waals surface area (Å²) in [7, 11) is 0. The summed E-state index contributed by atoms with van der Waals surface area (Å²) in [5, 5.41) is 9.25. The lowest BCUT2D eigenvalue weighted by Crippen LogP contribution is -2.30. The third-order valence-corrected chi connectivity index (χ3v) is 3.85. The van der Waals surface area contributed by atoms with E-state index in [0.29, 0.717) is 11.3 Å². The number of hydrogen-bond donors (Lipinski definition) is 0. The average molecular weight is 214 g/mol. The molecule has 1 rings (SSSR count). The molecule has 1 nitrogen and oxygen atoms in total. The van der Waals surface area contributed by atoms with E-state index < -0.39 is 0 Å². The van der Waals surface area contributed by atoms with Crippen LogP contribution in [0.1, 0.15) is 52.4 Å². The lowest BCUT2D eigenvalue weighted by molar-refractivity contribution is 0.138. The maximum atomic E-state index is 9.25. The predicted molar refractivity (Wildman–Crippen MR) is 60.2 cm³/mol. The number of halogens is 1. The van der Waals surface area contributed by atoms with E-state index in [4.69, 9.17) is 11.6 Å². The summed E-state index contributed by atoms with van der Waals surface area (Å²) in [5.41, 5.74) is 0.395. The minimum absolute atomic E-state index is 0.0512. The number of nitriles is 1. The van der Waals surface area contributed by atoms with Crippen LogP contribution in [0.4, 0.5) is 0 Å². The first-order chi connectivity index (χ1) is 6.54. The Hall–Kier alpha value is -0.220. The Balaban J connectivity index is 2.54. The first-order valence-electron chi connectivity index (χ1n) is 5.51. The molecular formula is C12H20ClN. The molecule has 2 heteroatoms. The van der Waals surface area contributed by atoms with E-state index in [2.05, 4.69) is 19.9 Å². The van der Waals surface area contributed by atoms with Crippen molar-refractivity contribution in [3.8, 4) is 6.07 Å². The van der Waals surface area contributed by atoms with E-state index in [0.717, 1.165) is 25.7 Å². The molecule has 14 heavy (non-hydrogen) atoms. The summed E-state index contributed by atoms with van der Waals surface area (Å²) in [6.07, 6.45) is 6.46. The highest BCUT2D eigenvalue weighted by Crippen LogP contribution is 2.47. The molecule has 0 atom stereocenters. The zero-order valence-electron chi connectivity index (χ0n) is 9.27. The molecule has 1 aliphatic carbocycles. The molecule has 0 bridgehead atoms. The Morgan fingerprint density at radius 1 is 1.21 bits per heavy atom. The molecule has 0 aromatic heterocycles. The molecule has 80 valence electrons. The van der Waals surface area contributed by atoms with Gasteiger partial charge in [-0.15, -0.1) is 11.6 Å². The van der Waals surface area contributed by atoms with Gasteiger partial charge in [-0.05, 0) is 43.9 Å². The third-order valence-electron chi connectivity index (χ3n) is 3.59. The largest absolute Gasteiger partial charge is 0.198 e. The Kier molecular flexibility index (Phi) is 3.84. The van der Waals surface area contributed by atoms with Crippen LogP contribution in [0.25, 0.3) is 0 Å². The molecule has 0 aliphatic heterocycles. The highest BCUT2D eigenvalue weighted by Gasteiger charge is 2.37. The van der Waals surface area contributed by atoms with Crippen molar-refractivity contribution in [3.05, 3.63) is 0 Å². The second-order valence-electron chi connectivity index (χ2n) is 5.35. The molecule has 0 amide bonds. The van der Waals surface area contributed by atoms with E-state index in [1.54, 1.807) is 0 Å². The minimum atomic E-state index is -0.0512. The monoisotopic (exact) mass is 213 g/mol. The van der Waals surface area contributed by atoms with Crippen molar-refractivity contribution in [1.82, 2.24) is 0 Å². The molecule has 0 N–H and O–H groups in total. The van der Waals surface area contributed by atoms with E-state index >= 15 is 0 Å². The Labute approximate surface area is 92.4 Å². The van der Waals surface area contributed by atoms with Crippen molar-refractivity contribution in [1.29, 1.82) is 5.26 Å². The highest BCUT2D eigenvalue weighted by molar-refractivity contribution is 6.17. The highest BCUT2D eigenvalue weighted by atomic mass is 35.5. The summed E-state index contributed by atoms with van der Waals surface area (Å²) in [6, 6.07) is 2.53. The quantitative estimate of drug-likeness (QED) is 0.648. The first kappa shape index (κ1) is 11.9. The lowest BCUT2D eigenvalue weighted by atomic mass is 9.64. The number of nitrogens with zero attached hydrogens (tertiary/aromatic N) is 1. The fourth-order valence-corrected chi connectivity index (χ4v) is 2.36. The molecule has 0 radical (unpaired) electrons. The molecule has 1 saturated carbocycles. The van der Waals surface area contributed by atoms with Gasteiger partial charge in [0.2, 0.25) is 0 Å². The van der Waals surface area contributed by atoms with Crippen molar-refractivity contribution in [2.24, 2.45) is 10.8 Å². The van der Waals surface area contributed by atoms with Crippen LogP contribution in [0.15, 0.2) is 0 Å². The number of hydrogen-bond acceptors (Lipinski definition) is 1. The maximum absolute atomic E-state index is 9.25. The first-order valence-corrected chi connectivity index (χ1v) is 6.04. The van der Waals surface area contributed by atoms with Crippen LogP contribution in [-0.2, 0) is 0 Å². The summed E-state index contributed by atoms with van der Waals surface area (Å²) >= 11 is 5.69. The topological polar surface area (TPSA) is 23.8 Å². The Bertz CT molecular complexity index is 217. The minimum Gasteiger partial charge on any atom is -0.198 e. The molecule has 0 spiro atoms. The number of rotatable bonds is 3. The lowest BCUT2D eigenvalue weighted by Gasteiger charge is -2.39. The SMILES string of the molecule is CC1(C)CCC(C#N)(CCCCl)CC1. The molecule has 1 aliphatic rings. The molecule has 0 unspecified atom stereocenters. The molecule has 0 aromatic carbocycles. The normalized spacial score (nSPS) is 24.1. The van der Waals surface area contributed by atoms with Crippen molar-refractivity contribution in [2.45, 2.75) is 52.4 Å². The van der Waals surface area contributed by atoms with Crippen LogP contribution in [0.3, 0.4) is 0 Å². The second kappa shape index (κ2) is 4.53. The fourth-order valence-electron chi connectivity index (χ4n) is 2.23. The van der Waals surface area contributed by atoms with Gasteiger partial charge < -0.3 is 0 Å². The standard InChI is InChI=1S/C12H20ClN/c1-11(2)5-7-12(10-14,8-6-11)4-3-9-13/h3-9H2,1-2H3. The van der Waals surface area contributed by atoms with Crippen LogP contribution in [0, 0.1) is 22.2 Å². The van der Waals surface area contributed by atoms with Crippen LogP contribution in [0.2, 0.25) is 0 Å². The number of alkyl halides is 1. The smallest absolute Gasteiger partial charge is 0.0689 e. The van der Waals surface area contributed by atoms with Crippen LogP contribution >= 0.6 is 11.6 Å². The van der Waals surface area contributed by atoms with E-state index in [-0.39, 0.29) is 5.41 Å². The zero-order chi connectivity index (χ0) is 10.7. The van der Waals surface area contributed by atoms with Gasteiger partial charge in [0.05, 0.1) is 11.5 Å². The van der Waals surface area contributed by atoms with E-state index in [1.807, 2.05) is 0 Å². The van der Waals surface area contributed by atoms with Gasteiger partial charge in [-0.1, -0.05) is 13.8 Å². The van der Waals surface area contributed by atoms with Gasteiger partial charge in [-0.2, -0.15) is 5.26 Å². The summed E-state index contributed by atoms with van der Waals surface area (Å²) in [4.78, 5) is 0. The Morgan fingerprint density at radius 2 is 1.79 bits per heavy atom. The van der Waals surface area contributed by atoms with Crippen LogP contribution < -0.4 is 0 Å². The molecule has 0 saturated heterocycles. The van der Waals surface area contributed by atoms with Crippen molar-refractivity contribution >= 4 is 11.6 Å².